The number of anilines is 1. The molecule has 4 aliphatic rings. The Hall–Kier alpha value is -4.31. The van der Waals surface area contributed by atoms with Gasteiger partial charge in [0.2, 0.25) is 11.8 Å². The average Bonchev–Trinajstić information content (AvgIpc) is 3.21. The molecule has 4 heteroatoms. The molecule has 186 valence electrons. The van der Waals surface area contributed by atoms with Crippen LogP contribution in [0.25, 0.3) is 0 Å². The van der Waals surface area contributed by atoms with Crippen molar-refractivity contribution in [1.82, 2.24) is 0 Å². The molecule has 2 amide bonds. The molecule has 4 aromatic rings. The maximum absolute atomic E-state index is 14.4. The molecule has 0 aromatic heterocycles. The van der Waals surface area contributed by atoms with Gasteiger partial charge >= 0.3 is 0 Å². The number of carbonyl (C=O) groups excluding carboxylic acids is 2. The van der Waals surface area contributed by atoms with Crippen molar-refractivity contribution >= 4 is 29.4 Å². The van der Waals surface area contributed by atoms with Crippen LogP contribution in [0.1, 0.15) is 44.9 Å². The van der Waals surface area contributed by atoms with Crippen LogP contribution < -0.4 is 4.90 Å². The number of hydrogen-bond acceptors (Lipinski definition) is 3. The third-order valence-corrected chi connectivity index (χ3v) is 8.96. The fraction of sp³-hybridized carbons (Fsp3) is 0.206. The monoisotopic (exact) mass is 496 g/mol. The number of hydrogen-bond donors (Lipinski definition) is 0. The second-order valence-corrected chi connectivity index (χ2v) is 10.8. The minimum Gasteiger partial charge on any atom is -0.274 e. The quantitative estimate of drug-likeness (QED) is 0.238. The van der Waals surface area contributed by atoms with E-state index in [0.29, 0.717) is 5.69 Å². The molecule has 4 aromatic carbocycles. The number of benzene rings is 4. The maximum atomic E-state index is 14.4. The fourth-order valence-electron chi connectivity index (χ4n) is 7.04. The van der Waals surface area contributed by atoms with Crippen LogP contribution in [0, 0.1) is 32.6 Å². The summed E-state index contributed by atoms with van der Waals surface area (Å²) in [5.41, 5.74) is 8.41. The van der Waals surface area contributed by atoms with E-state index in [4.69, 9.17) is 4.99 Å². The van der Waals surface area contributed by atoms with Crippen LogP contribution in [0.5, 0.6) is 0 Å². The molecule has 4 nitrogen and oxygen atoms in total. The summed E-state index contributed by atoms with van der Waals surface area (Å²) in [5.74, 6) is -1.50. The van der Waals surface area contributed by atoms with Gasteiger partial charge in [-0.2, -0.15) is 0 Å². The van der Waals surface area contributed by atoms with Crippen LogP contribution in [-0.4, -0.2) is 18.0 Å². The SMILES string of the molecule is Cc1ccc(N2C(=O)[C@@H]3[C@@H](C2=O)C2c4ccccc4C3(C=Nc3cccc(C)c3C)c3ccccc32)cc1. The summed E-state index contributed by atoms with van der Waals surface area (Å²) in [6.45, 7) is 6.16. The highest BCUT2D eigenvalue weighted by Crippen LogP contribution is 2.63. The minimum absolute atomic E-state index is 0.123. The molecular formula is C34H28N2O2. The van der Waals surface area contributed by atoms with Crippen molar-refractivity contribution in [2.24, 2.45) is 16.8 Å². The zero-order valence-corrected chi connectivity index (χ0v) is 21.7. The molecule has 1 heterocycles. The third kappa shape index (κ3) is 2.89. The Morgan fingerprint density at radius 2 is 1.37 bits per heavy atom. The van der Waals surface area contributed by atoms with Gasteiger partial charge in [-0.3, -0.25) is 14.6 Å². The first kappa shape index (κ1) is 22.9. The third-order valence-electron chi connectivity index (χ3n) is 8.96. The largest absolute Gasteiger partial charge is 0.274 e. The van der Waals surface area contributed by atoms with Crippen LogP contribution in [-0.2, 0) is 15.0 Å². The van der Waals surface area contributed by atoms with Crippen molar-refractivity contribution in [3.05, 3.63) is 130 Å². The van der Waals surface area contributed by atoms with Crippen LogP contribution in [0.15, 0.2) is 96.0 Å². The van der Waals surface area contributed by atoms with Crippen molar-refractivity contribution in [3.63, 3.8) is 0 Å². The molecule has 0 radical (unpaired) electrons. The van der Waals surface area contributed by atoms with E-state index in [1.54, 1.807) is 0 Å². The fourth-order valence-corrected chi connectivity index (χ4v) is 7.04. The number of aryl methyl sites for hydroxylation is 2. The second kappa shape index (κ2) is 8.09. The summed E-state index contributed by atoms with van der Waals surface area (Å²) in [5, 5.41) is 0. The number of imide groups is 1. The molecule has 8 rings (SSSR count). The molecule has 0 unspecified atom stereocenters. The van der Waals surface area contributed by atoms with E-state index < -0.39 is 17.3 Å². The molecule has 3 aliphatic carbocycles. The lowest BCUT2D eigenvalue weighted by atomic mass is 9.47. The van der Waals surface area contributed by atoms with Crippen LogP contribution in [0.2, 0.25) is 0 Å². The zero-order valence-electron chi connectivity index (χ0n) is 21.7. The average molecular weight is 497 g/mol. The van der Waals surface area contributed by atoms with Crippen LogP contribution in [0.4, 0.5) is 11.4 Å². The molecular weight excluding hydrogens is 468 g/mol. The molecule has 0 spiro atoms. The van der Waals surface area contributed by atoms with Crippen molar-refractivity contribution in [2.75, 3.05) is 4.90 Å². The number of rotatable bonds is 3. The van der Waals surface area contributed by atoms with E-state index in [1.807, 2.05) is 73.8 Å². The zero-order chi connectivity index (χ0) is 26.2. The highest BCUT2D eigenvalue weighted by atomic mass is 16.2. The Morgan fingerprint density at radius 1 is 0.737 bits per heavy atom. The molecule has 1 fully saturated rings. The highest BCUT2D eigenvalue weighted by molar-refractivity contribution is 6.25. The summed E-state index contributed by atoms with van der Waals surface area (Å²) >= 11 is 0. The van der Waals surface area contributed by atoms with E-state index in [9.17, 15) is 9.59 Å². The predicted octanol–water partition coefficient (Wildman–Crippen LogP) is 6.57. The summed E-state index contributed by atoms with van der Waals surface area (Å²) < 4.78 is 0. The van der Waals surface area contributed by atoms with Gasteiger partial charge in [-0.1, -0.05) is 78.4 Å². The van der Waals surface area contributed by atoms with Gasteiger partial charge < -0.3 is 0 Å². The number of amides is 2. The van der Waals surface area contributed by atoms with E-state index in [-0.39, 0.29) is 17.7 Å². The Labute approximate surface area is 222 Å². The van der Waals surface area contributed by atoms with Gasteiger partial charge in [-0.15, -0.1) is 0 Å². The summed E-state index contributed by atoms with van der Waals surface area (Å²) in [4.78, 5) is 35.2. The summed E-state index contributed by atoms with van der Waals surface area (Å²) in [6.07, 6.45) is 1.98. The topological polar surface area (TPSA) is 49.7 Å². The van der Waals surface area contributed by atoms with E-state index in [2.05, 4.69) is 44.2 Å². The first-order valence-electron chi connectivity index (χ1n) is 13.2. The molecule has 38 heavy (non-hydrogen) atoms. The van der Waals surface area contributed by atoms with Gasteiger partial charge in [0.05, 0.1) is 28.6 Å². The normalized spacial score (nSPS) is 25.0. The standard InChI is InChI=1S/C34H28N2O2/c1-20-15-17-23(18-16-20)36-32(37)30-29-24-10-4-6-12-26(24)34(31(30)33(36)38,27-13-7-5-11-25(27)29)19-35-28-14-8-9-21(2)22(28)3/h4-19,29-31H,1-3H3/t29?,30-,31-,34?/m0/s1. The first-order valence-corrected chi connectivity index (χ1v) is 13.2. The molecule has 1 aliphatic heterocycles. The van der Waals surface area contributed by atoms with Gasteiger partial charge in [0.1, 0.15) is 0 Å². The summed E-state index contributed by atoms with van der Waals surface area (Å²) in [7, 11) is 0. The molecule has 0 saturated carbocycles. The van der Waals surface area contributed by atoms with Crippen molar-refractivity contribution in [2.45, 2.75) is 32.1 Å². The number of nitrogens with zero attached hydrogens (tertiary/aromatic N) is 2. The van der Waals surface area contributed by atoms with Gasteiger partial charge in [-0.05, 0) is 72.4 Å². The van der Waals surface area contributed by atoms with Crippen molar-refractivity contribution in [1.29, 1.82) is 0 Å². The second-order valence-electron chi connectivity index (χ2n) is 10.8. The first-order chi connectivity index (χ1) is 18.4. The minimum atomic E-state index is -0.852. The van der Waals surface area contributed by atoms with E-state index >= 15 is 0 Å². The lowest BCUT2D eigenvalue weighted by Crippen LogP contribution is -2.54. The van der Waals surface area contributed by atoms with E-state index in [0.717, 1.165) is 39.1 Å². The summed E-state index contributed by atoms with van der Waals surface area (Å²) in [6, 6.07) is 30.4. The van der Waals surface area contributed by atoms with E-state index in [1.165, 1.54) is 10.5 Å². The molecule has 0 N–H and O–H groups in total. The van der Waals surface area contributed by atoms with Gasteiger partial charge in [0.15, 0.2) is 0 Å². The number of aliphatic imine (C=N–C) groups is 1. The van der Waals surface area contributed by atoms with Crippen LogP contribution in [0.3, 0.4) is 0 Å². The lowest BCUT2D eigenvalue weighted by molar-refractivity contribution is -0.122. The Balaban J connectivity index is 1.51. The highest BCUT2D eigenvalue weighted by Gasteiger charge is 2.67. The van der Waals surface area contributed by atoms with Crippen molar-refractivity contribution < 1.29 is 9.59 Å². The van der Waals surface area contributed by atoms with Gasteiger partial charge in [0, 0.05) is 12.1 Å². The molecule has 2 bridgehead atoms. The molecule has 2 atom stereocenters. The van der Waals surface area contributed by atoms with Crippen molar-refractivity contribution in [3.8, 4) is 0 Å². The maximum Gasteiger partial charge on any atom is 0.239 e. The van der Waals surface area contributed by atoms with Gasteiger partial charge in [-0.25, -0.2) is 4.90 Å². The Kier molecular flexibility index (Phi) is 4.87. The smallest absolute Gasteiger partial charge is 0.239 e. The molecule has 1 saturated heterocycles. The number of carbonyl (C=O) groups is 2. The van der Waals surface area contributed by atoms with Crippen LogP contribution >= 0.6 is 0 Å². The lowest BCUT2D eigenvalue weighted by Gasteiger charge is -2.52. The Morgan fingerprint density at radius 3 is 2.03 bits per heavy atom. The van der Waals surface area contributed by atoms with Gasteiger partial charge in [0.25, 0.3) is 0 Å². The Bertz CT molecular complexity index is 1620. The predicted molar refractivity (Wildman–Crippen MR) is 150 cm³/mol.